The fourth-order valence-electron chi connectivity index (χ4n) is 8.84. The first-order chi connectivity index (χ1) is 33.4. The molecule has 1 heterocycles. The zero-order valence-electron chi connectivity index (χ0n) is 44.1. The average molecular weight is 962 g/mol. The first kappa shape index (κ1) is 64.2. The van der Waals surface area contributed by atoms with E-state index in [0.717, 1.165) is 70.6 Å². The highest BCUT2D eigenvalue weighted by Crippen LogP contribution is 2.23. The Hall–Kier alpha value is -1.85. The molecule has 1 rings (SSSR count). The van der Waals surface area contributed by atoms with Gasteiger partial charge in [0.15, 0.2) is 6.29 Å². The SMILES string of the molecule is CC/C=C\C/C=C\C/C=C\C/C=C\CCCCCCCCC(=O)OC(COCCCCCCCCCCCCCCCCCCCCCCCCCCCC)COC1OC(CO)C(O)C(O)C1O. The first-order valence-electron chi connectivity index (χ1n) is 28.7. The number of allylic oxidation sites excluding steroid dienone is 8. The largest absolute Gasteiger partial charge is 0.457 e. The second-order valence-electron chi connectivity index (χ2n) is 19.7. The molecule has 398 valence electrons. The van der Waals surface area contributed by atoms with E-state index in [9.17, 15) is 25.2 Å². The number of carbonyl (C=O) groups excluding carboxylic acids is 1. The van der Waals surface area contributed by atoms with Gasteiger partial charge < -0.3 is 39.4 Å². The van der Waals surface area contributed by atoms with E-state index < -0.39 is 43.4 Å². The van der Waals surface area contributed by atoms with Crippen LogP contribution in [0.25, 0.3) is 0 Å². The van der Waals surface area contributed by atoms with Crippen LogP contribution in [0, 0.1) is 0 Å². The normalized spacial score (nSPS) is 19.4. The van der Waals surface area contributed by atoms with Crippen LogP contribution in [-0.2, 0) is 23.7 Å². The van der Waals surface area contributed by atoms with Gasteiger partial charge in [-0.05, 0) is 51.4 Å². The van der Waals surface area contributed by atoms with Crippen molar-refractivity contribution in [1.82, 2.24) is 0 Å². The molecule has 0 aliphatic carbocycles. The second-order valence-corrected chi connectivity index (χ2v) is 19.7. The predicted molar refractivity (Wildman–Crippen MR) is 284 cm³/mol. The maximum Gasteiger partial charge on any atom is 0.306 e. The standard InChI is InChI=1S/C59H108O9/c1-3-5-7-9-11-13-15-17-19-21-23-24-25-26-27-28-29-31-33-35-37-39-41-43-45-47-49-65-51-53(52-66-59-58(64)57(63)56(62)54(50-60)68-59)67-55(61)48-46-44-42-40-38-36-34-32-30-22-20-18-16-14-12-10-8-6-4-2/h6,8,12,14,18,20,30,32,53-54,56-60,62-64H,3-5,7,9-11,13,15-17,19,21-29,31,33-52H2,1-2H3/b8-6-,14-12-,20-18-,32-30-. The van der Waals surface area contributed by atoms with Gasteiger partial charge in [-0.15, -0.1) is 0 Å². The molecule has 1 aliphatic heterocycles. The summed E-state index contributed by atoms with van der Waals surface area (Å²) in [5, 5.41) is 40.3. The molecule has 68 heavy (non-hydrogen) atoms. The Morgan fingerprint density at radius 2 is 0.897 bits per heavy atom. The van der Waals surface area contributed by atoms with Gasteiger partial charge in [-0.1, -0.05) is 249 Å². The molecule has 1 fully saturated rings. The highest BCUT2D eigenvalue weighted by atomic mass is 16.7. The average Bonchev–Trinajstić information content (AvgIpc) is 3.34. The fourth-order valence-corrected chi connectivity index (χ4v) is 8.84. The van der Waals surface area contributed by atoms with Gasteiger partial charge in [-0.2, -0.15) is 0 Å². The zero-order chi connectivity index (χ0) is 49.2. The summed E-state index contributed by atoms with van der Waals surface area (Å²) >= 11 is 0. The number of carbonyl (C=O) groups is 1. The molecule has 0 spiro atoms. The molecule has 9 nitrogen and oxygen atoms in total. The Balaban J connectivity index is 2.14. The van der Waals surface area contributed by atoms with Crippen molar-refractivity contribution in [2.24, 2.45) is 0 Å². The maximum atomic E-state index is 12.9. The summed E-state index contributed by atoms with van der Waals surface area (Å²) in [6.45, 7) is 4.47. The van der Waals surface area contributed by atoms with Gasteiger partial charge in [0, 0.05) is 13.0 Å². The minimum atomic E-state index is -1.54. The minimum Gasteiger partial charge on any atom is -0.457 e. The molecule has 1 saturated heterocycles. The summed E-state index contributed by atoms with van der Waals surface area (Å²) in [4.78, 5) is 12.9. The van der Waals surface area contributed by atoms with Crippen LogP contribution < -0.4 is 0 Å². The molecule has 9 heteroatoms. The highest BCUT2D eigenvalue weighted by Gasteiger charge is 2.44. The Kier molecular flexibility index (Phi) is 47.3. The van der Waals surface area contributed by atoms with E-state index in [2.05, 4.69) is 62.5 Å². The third kappa shape index (κ3) is 39.8. The smallest absolute Gasteiger partial charge is 0.306 e. The molecule has 0 radical (unpaired) electrons. The van der Waals surface area contributed by atoms with Gasteiger partial charge in [0.25, 0.3) is 0 Å². The van der Waals surface area contributed by atoms with Crippen LogP contribution in [0.2, 0.25) is 0 Å². The lowest BCUT2D eigenvalue weighted by molar-refractivity contribution is -0.305. The summed E-state index contributed by atoms with van der Waals surface area (Å²) in [5.41, 5.74) is 0. The van der Waals surface area contributed by atoms with Crippen molar-refractivity contribution in [3.63, 3.8) is 0 Å². The van der Waals surface area contributed by atoms with Crippen molar-refractivity contribution < 1.29 is 44.2 Å². The van der Waals surface area contributed by atoms with Gasteiger partial charge in [0.2, 0.25) is 0 Å². The van der Waals surface area contributed by atoms with E-state index in [1.54, 1.807) is 0 Å². The number of ether oxygens (including phenoxy) is 4. The lowest BCUT2D eigenvalue weighted by Gasteiger charge is -2.39. The molecular weight excluding hydrogens is 853 g/mol. The second kappa shape index (κ2) is 50.1. The van der Waals surface area contributed by atoms with E-state index in [1.165, 1.54) is 167 Å². The van der Waals surface area contributed by atoms with Crippen LogP contribution in [0.3, 0.4) is 0 Å². The van der Waals surface area contributed by atoms with E-state index in [0.29, 0.717) is 13.0 Å². The summed E-state index contributed by atoms with van der Waals surface area (Å²) in [6.07, 6.45) is 57.4. The molecule has 0 aromatic carbocycles. The van der Waals surface area contributed by atoms with Crippen LogP contribution in [0.5, 0.6) is 0 Å². The minimum absolute atomic E-state index is 0.118. The third-order valence-electron chi connectivity index (χ3n) is 13.3. The number of aliphatic hydroxyl groups excluding tert-OH is 4. The molecule has 0 saturated carbocycles. The van der Waals surface area contributed by atoms with Crippen LogP contribution in [0.4, 0.5) is 0 Å². The van der Waals surface area contributed by atoms with Gasteiger partial charge >= 0.3 is 5.97 Å². The number of aliphatic hydroxyl groups is 4. The van der Waals surface area contributed by atoms with Crippen LogP contribution in [0.15, 0.2) is 48.6 Å². The number of unbranched alkanes of at least 4 members (excludes halogenated alkanes) is 31. The lowest BCUT2D eigenvalue weighted by Crippen LogP contribution is -2.59. The van der Waals surface area contributed by atoms with Crippen molar-refractivity contribution in [2.75, 3.05) is 26.4 Å². The van der Waals surface area contributed by atoms with E-state index >= 15 is 0 Å². The maximum absolute atomic E-state index is 12.9. The molecule has 1 aliphatic rings. The Morgan fingerprint density at radius 1 is 0.485 bits per heavy atom. The molecule has 0 aromatic heterocycles. The first-order valence-corrected chi connectivity index (χ1v) is 28.7. The van der Waals surface area contributed by atoms with Gasteiger partial charge in [-0.3, -0.25) is 4.79 Å². The molecule has 6 atom stereocenters. The predicted octanol–water partition coefficient (Wildman–Crippen LogP) is 14.8. The van der Waals surface area contributed by atoms with E-state index in [1.807, 2.05) is 0 Å². The summed E-state index contributed by atoms with van der Waals surface area (Å²) in [7, 11) is 0. The third-order valence-corrected chi connectivity index (χ3v) is 13.3. The van der Waals surface area contributed by atoms with Crippen molar-refractivity contribution in [1.29, 1.82) is 0 Å². The molecule has 0 amide bonds. The number of hydrogen-bond acceptors (Lipinski definition) is 9. The summed E-state index contributed by atoms with van der Waals surface area (Å²) in [5.74, 6) is -0.324. The van der Waals surface area contributed by atoms with Crippen LogP contribution in [-0.4, -0.2) is 89.6 Å². The van der Waals surface area contributed by atoms with E-state index in [4.69, 9.17) is 18.9 Å². The van der Waals surface area contributed by atoms with Gasteiger partial charge in [-0.25, -0.2) is 0 Å². The molecule has 0 aromatic rings. The van der Waals surface area contributed by atoms with Gasteiger partial charge in [0.1, 0.15) is 30.5 Å². The molecular formula is C59H108O9. The van der Waals surface area contributed by atoms with E-state index in [-0.39, 0.29) is 19.2 Å². The monoisotopic (exact) mass is 961 g/mol. The molecule has 0 bridgehead atoms. The Morgan fingerprint density at radius 3 is 1.35 bits per heavy atom. The molecule has 4 N–H and O–H groups in total. The Labute approximate surface area is 418 Å². The van der Waals surface area contributed by atoms with Crippen LogP contribution >= 0.6 is 0 Å². The van der Waals surface area contributed by atoms with Crippen molar-refractivity contribution in [2.45, 2.75) is 295 Å². The van der Waals surface area contributed by atoms with Gasteiger partial charge in [0.05, 0.1) is 19.8 Å². The summed E-state index contributed by atoms with van der Waals surface area (Å²) in [6, 6.07) is 0. The number of rotatable bonds is 50. The topological polar surface area (TPSA) is 135 Å². The molecule has 6 unspecified atom stereocenters. The number of hydrogen-bond donors (Lipinski definition) is 4. The lowest BCUT2D eigenvalue weighted by atomic mass is 9.99. The summed E-state index contributed by atoms with van der Waals surface area (Å²) < 4.78 is 23.0. The van der Waals surface area contributed by atoms with Crippen LogP contribution in [0.1, 0.15) is 258 Å². The zero-order valence-corrected chi connectivity index (χ0v) is 44.1. The quantitative estimate of drug-likeness (QED) is 0.0267. The van der Waals surface area contributed by atoms with Crippen molar-refractivity contribution in [3.8, 4) is 0 Å². The number of esters is 1. The fraction of sp³-hybridized carbons (Fsp3) is 0.847. The Bertz CT molecular complexity index is 1180. The van der Waals surface area contributed by atoms with Crippen molar-refractivity contribution >= 4 is 5.97 Å². The van der Waals surface area contributed by atoms with Crippen molar-refractivity contribution in [3.05, 3.63) is 48.6 Å². The highest BCUT2D eigenvalue weighted by molar-refractivity contribution is 5.69.